The van der Waals surface area contributed by atoms with Crippen LogP contribution in [0.1, 0.15) is 22.5 Å². The highest BCUT2D eigenvalue weighted by Gasteiger charge is 2.47. The number of alkyl halides is 3. The molecule has 2 aromatic heterocycles. The summed E-state index contributed by atoms with van der Waals surface area (Å²) in [7, 11) is 0. The summed E-state index contributed by atoms with van der Waals surface area (Å²) in [6.45, 7) is 0.980. The second-order valence-electron chi connectivity index (χ2n) is 5.95. The molecule has 0 fully saturated rings. The molecule has 0 aliphatic carbocycles. The Morgan fingerprint density at radius 2 is 2.12 bits per heavy atom. The number of rotatable bonds is 3. The van der Waals surface area contributed by atoms with Crippen molar-refractivity contribution in [3.63, 3.8) is 0 Å². The Labute approximate surface area is 151 Å². The molecule has 26 heavy (non-hydrogen) atoms. The Bertz CT molecular complexity index is 896. The summed E-state index contributed by atoms with van der Waals surface area (Å²) in [6.07, 6.45) is -3.64. The number of aryl methyl sites for hydroxylation is 1. The highest BCUT2D eigenvalue weighted by atomic mass is 35.5. The Kier molecular flexibility index (Phi) is 4.74. The number of nitrogens with zero attached hydrogens (tertiary/aromatic N) is 4. The molecule has 6 nitrogen and oxygen atoms in total. The van der Waals surface area contributed by atoms with Crippen LogP contribution in [-0.4, -0.2) is 39.1 Å². The first-order valence-electron chi connectivity index (χ1n) is 7.73. The first-order valence-corrected chi connectivity index (χ1v) is 8.11. The van der Waals surface area contributed by atoms with Crippen LogP contribution in [-0.2, 0) is 6.54 Å². The minimum Gasteiger partial charge on any atom is -0.322 e. The van der Waals surface area contributed by atoms with Gasteiger partial charge in [-0.25, -0.2) is 4.98 Å². The van der Waals surface area contributed by atoms with Crippen LogP contribution in [0, 0.1) is 6.92 Å². The van der Waals surface area contributed by atoms with Gasteiger partial charge in [0.15, 0.2) is 5.78 Å². The molecule has 3 heterocycles. The fourth-order valence-corrected chi connectivity index (χ4v) is 3.01. The van der Waals surface area contributed by atoms with Crippen molar-refractivity contribution in [2.24, 2.45) is 0 Å². The van der Waals surface area contributed by atoms with Crippen LogP contribution in [0.25, 0.3) is 0 Å². The minimum absolute atomic E-state index is 0.153. The third-order valence-corrected chi connectivity index (χ3v) is 4.33. The largest absolute Gasteiger partial charge is 0.408 e. The minimum atomic E-state index is -4.59. The number of carbonyl (C=O) groups excluding carboxylic acids is 1. The highest BCUT2D eigenvalue weighted by Crippen LogP contribution is 2.33. The SMILES string of the molecule is Cc1ccc(C(=O)CN2c3nc(Cl)cc(=O)n3CC[C@H]2C(F)(F)F)cn1. The number of ketones is 1. The van der Waals surface area contributed by atoms with Gasteiger partial charge in [-0.05, 0) is 25.5 Å². The number of anilines is 1. The zero-order valence-electron chi connectivity index (χ0n) is 13.6. The summed E-state index contributed by atoms with van der Waals surface area (Å²) in [5.41, 5.74) is 0.297. The summed E-state index contributed by atoms with van der Waals surface area (Å²) in [4.78, 5) is 33.1. The van der Waals surface area contributed by atoms with E-state index in [0.29, 0.717) is 5.69 Å². The van der Waals surface area contributed by atoms with E-state index >= 15 is 0 Å². The van der Waals surface area contributed by atoms with Gasteiger partial charge in [0, 0.05) is 30.1 Å². The molecular weight excluding hydrogens is 373 g/mol. The zero-order chi connectivity index (χ0) is 19.1. The molecule has 0 bridgehead atoms. The molecule has 0 amide bonds. The van der Waals surface area contributed by atoms with Crippen molar-refractivity contribution in [2.45, 2.75) is 32.1 Å². The van der Waals surface area contributed by atoms with Gasteiger partial charge in [0.2, 0.25) is 5.95 Å². The van der Waals surface area contributed by atoms with Gasteiger partial charge in [-0.15, -0.1) is 0 Å². The third-order valence-electron chi connectivity index (χ3n) is 4.14. The summed E-state index contributed by atoms with van der Waals surface area (Å²) in [5.74, 6) is -0.820. The Morgan fingerprint density at radius 1 is 1.38 bits per heavy atom. The molecule has 0 aromatic carbocycles. The maximum Gasteiger partial charge on any atom is 0.408 e. The van der Waals surface area contributed by atoms with Gasteiger partial charge >= 0.3 is 6.18 Å². The second kappa shape index (κ2) is 6.71. The fraction of sp³-hybridized carbons (Fsp3) is 0.375. The van der Waals surface area contributed by atoms with E-state index in [4.69, 9.17) is 11.6 Å². The lowest BCUT2D eigenvalue weighted by Crippen LogP contribution is -2.54. The third kappa shape index (κ3) is 3.57. The van der Waals surface area contributed by atoms with Crippen molar-refractivity contribution < 1.29 is 18.0 Å². The van der Waals surface area contributed by atoms with Crippen molar-refractivity contribution in [2.75, 3.05) is 11.4 Å². The van der Waals surface area contributed by atoms with Gasteiger partial charge in [-0.2, -0.15) is 13.2 Å². The molecule has 0 spiro atoms. The summed E-state index contributed by atoms with van der Waals surface area (Å²) < 4.78 is 41.5. The molecule has 1 aliphatic rings. The molecule has 10 heteroatoms. The molecular formula is C16H14ClF3N4O2. The van der Waals surface area contributed by atoms with E-state index in [1.54, 1.807) is 13.0 Å². The van der Waals surface area contributed by atoms with E-state index in [2.05, 4.69) is 9.97 Å². The number of pyridine rings is 1. The average molecular weight is 387 g/mol. The Balaban J connectivity index is 2.01. The van der Waals surface area contributed by atoms with Crippen molar-refractivity contribution in [1.29, 1.82) is 0 Å². The van der Waals surface area contributed by atoms with Gasteiger partial charge in [-0.3, -0.25) is 19.1 Å². The lowest BCUT2D eigenvalue weighted by Gasteiger charge is -2.38. The van der Waals surface area contributed by atoms with Crippen LogP contribution in [0.3, 0.4) is 0 Å². The van der Waals surface area contributed by atoms with E-state index in [1.165, 1.54) is 12.3 Å². The Morgan fingerprint density at radius 3 is 2.73 bits per heavy atom. The highest BCUT2D eigenvalue weighted by molar-refractivity contribution is 6.29. The van der Waals surface area contributed by atoms with Crippen LogP contribution in [0.4, 0.5) is 19.1 Å². The van der Waals surface area contributed by atoms with Crippen LogP contribution >= 0.6 is 11.6 Å². The lowest BCUT2D eigenvalue weighted by atomic mass is 10.1. The Hall–Kier alpha value is -2.42. The quantitative estimate of drug-likeness (QED) is 0.599. The molecule has 1 atom stereocenters. The van der Waals surface area contributed by atoms with Crippen molar-refractivity contribution in [1.82, 2.24) is 14.5 Å². The van der Waals surface area contributed by atoms with Gasteiger partial charge in [0.25, 0.3) is 5.56 Å². The number of fused-ring (bicyclic) bond motifs is 1. The summed E-state index contributed by atoms with van der Waals surface area (Å²) in [6, 6.07) is 2.19. The van der Waals surface area contributed by atoms with Crippen molar-refractivity contribution >= 4 is 23.3 Å². The first kappa shape index (κ1) is 18.4. The van der Waals surface area contributed by atoms with Gasteiger partial charge in [-0.1, -0.05) is 11.6 Å². The molecule has 1 aliphatic heterocycles. The van der Waals surface area contributed by atoms with E-state index in [9.17, 15) is 22.8 Å². The number of carbonyl (C=O) groups is 1. The van der Waals surface area contributed by atoms with Gasteiger partial charge in [0.1, 0.15) is 11.2 Å². The van der Waals surface area contributed by atoms with Crippen LogP contribution in [0.15, 0.2) is 29.2 Å². The monoisotopic (exact) mass is 386 g/mol. The number of halogens is 4. The molecule has 0 saturated carbocycles. The van der Waals surface area contributed by atoms with Crippen LogP contribution in [0.5, 0.6) is 0 Å². The summed E-state index contributed by atoms with van der Waals surface area (Å²) in [5, 5.41) is -0.224. The van der Waals surface area contributed by atoms with E-state index in [1.807, 2.05) is 0 Å². The average Bonchev–Trinajstić information content (AvgIpc) is 2.54. The van der Waals surface area contributed by atoms with E-state index < -0.39 is 30.1 Å². The van der Waals surface area contributed by atoms with E-state index in [0.717, 1.165) is 15.5 Å². The topological polar surface area (TPSA) is 68.1 Å². The summed E-state index contributed by atoms with van der Waals surface area (Å²) >= 11 is 5.75. The number of Topliss-reactive ketones (excluding diaryl/α,β-unsaturated/α-hetero) is 1. The van der Waals surface area contributed by atoms with Gasteiger partial charge < -0.3 is 4.90 Å². The molecule has 0 N–H and O–H groups in total. The standard InChI is InChI=1S/C16H14ClF3N4O2/c1-9-2-3-10(7-21-9)11(25)8-24-12(16(18,19)20)4-5-23-14(26)6-13(17)22-15(23)24/h2-3,6-7,12H,4-5,8H2,1H3/t12-/m0/s1. The molecule has 3 rings (SSSR count). The zero-order valence-corrected chi connectivity index (χ0v) is 14.4. The number of aromatic nitrogens is 3. The van der Waals surface area contributed by atoms with Crippen LogP contribution in [0.2, 0.25) is 5.15 Å². The maximum atomic E-state index is 13.5. The second-order valence-corrected chi connectivity index (χ2v) is 6.34. The smallest absolute Gasteiger partial charge is 0.322 e. The van der Waals surface area contributed by atoms with Crippen LogP contribution < -0.4 is 10.5 Å². The van der Waals surface area contributed by atoms with E-state index in [-0.39, 0.29) is 29.6 Å². The lowest BCUT2D eigenvalue weighted by molar-refractivity contribution is -0.152. The van der Waals surface area contributed by atoms with Gasteiger partial charge in [0.05, 0.1) is 6.54 Å². The maximum absolute atomic E-state index is 13.5. The fourth-order valence-electron chi connectivity index (χ4n) is 2.84. The molecule has 0 radical (unpaired) electrons. The van der Waals surface area contributed by atoms with Crippen molar-refractivity contribution in [3.8, 4) is 0 Å². The molecule has 2 aromatic rings. The number of hydrogen-bond acceptors (Lipinski definition) is 5. The molecule has 0 saturated heterocycles. The predicted octanol–water partition coefficient (Wildman–Crippen LogP) is 2.62. The molecule has 138 valence electrons. The van der Waals surface area contributed by atoms with Crippen molar-refractivity contribution in [3.05, 3.63) is 51.2 Å². The predicted molar refractivity (Wildman–Crippen MR) is 88.6 cm³/mol. The normalized spacial score (nSPS) is 17.1. The number of hydrogen-bond donors (Lipinski definition) is 0. The first-order chi connectivity index (χ1) is 12.2. The molecule has 0 unspecified atom stereocenters.